The molecule has 3 nitrogen and oxygen atoms in total. The maximum absolute atomic E-state index is 11.3. The molecule has 0 aliphatic carbocycles. The van der Waals surface area contributed by atoms with Crippen LogP contribution in [0.3, 0.4) is 0 Å². The highest BCUT2D eigenvalue weighted by Gasteiger charge is 2.05. The summed E-state index contributed by atoms with van der Waals surface area (Å²) in [5.74, 6) is 1.57. The summed E-state index contributed by atoms with van der Waals surface area (Å²) in [6, 6.07) is 5.39. The number of carbonyl (C=O) groups excluding carboxylic acids is 1. The van der Waals surface area contributed by atoms with Crippen LogP contribution in [0.4, 0.5) is 4.79 Å². The molecular weight excluding hydrogens is 303 g/mol. The average Bonchev–Trinajstić information content (AvgIpc) is 2.39. The van der Waals surface area contributed by atoms with Gasteiger partial charge in [0.1, 0.15) is 0 Å². The Kier molecular flexibility index (Phi) is 8.10. The van der Waals surface area contributed by atoms with Crippen LogP contribution in [0.25, 0.3) is 0 Å². The first-order valence-electron chi connectivity index (χ1n) is 6.17. The van der Waals surface area contributed by atoms with Crippen molar-refractivity contribution in [2.75, 3.05) is 18.8 Å². The second-order valence-electron chi connectivity index (χ2n) is 3.94. The van der Waals surface area contributed by atoms with E-state index in [2.05, 4.69) is 10.6 Å². The van der Waals surface area contributed by atoms with Gasteiger partial charge in [0.2, 0.25) is 0 Å². The zero-order valence-electron chi connectivity index (χ0n) is 10.8. The molecular formula is C13H18Cl2N2OS. The first-order valence-corrected chi connectivity index (χ1v) is 8.08. The maximum atomic E-state index is 11.3. The summed E-state index contributed by atoms with van der Waals surface area (Å²) in [6.07, 6.45) is 0.938. The summed E-state index contributed by atoms with van der Waals surface area (Å²) in [5, 5.41) is 6.93. The highest BCUT2D eigenvalue weighted by molar-refractivity contribution is 7.98. The summed E-state index contributed by atoms with van der Waals surface area (Å²) in [4.78, 5) is 11.3. The highest BCUT2D eigenvalue weighted by atomic mass is 35.5. The smallest absolute Gasteiger partial charge is 0.314 e. The van der Waals surface area contributed by atoms with Crippen molar-refractivity contribution in [2.24, 2.45) is 0 Å². The van der Waals surface area contributed by atoms with Crippen molar-refractivity contribution >= 4 is 41.0 Å². The van der Waals surface area contributed by atoms with E-state index in [0.717, 1.165) is 23.5 Å². The molecule has 1 aromatic carbocycles. The lowest BCUT2D eigenvalue weighted by molar-refractivity contribution is 0.241. The SMILES string of the molecule is CCCNC(=O)NCCSCc1c(Cl)cccc1Cl. The summed E-state index contributed by atoms with van der Waals surface area (Å²) >= 11 is 13.8. The van der Waals surface area contributed by atoms with Gasteiger partial charge < -0.3 is 10.6 Å². The topological polar surface area (TPSA) is 41.1 Å². The molecule has 106 valence electrons. The molecule has 2 amide bonds. The molecule has 2 N–H and O–H groups in total. The molecule has 0 radical (unpaired) electrons. The molecule has 0 aromatic heterocycles. The van der Waals surface area contributed by atoms with Gasteiger partial charge in [0, 0.05) is 34.6 Å². The molecule has 19 heavy (non-hydrogen) atoms. The lowest BCUT2D eigenvalue weighted by Crippen LogP contribution is -2.36. The quantitative estimate of drug-likeness (QED) is 0.747. The van der Waals surface area contributed by atoms with Gasteiger partial charge in [0.05, 0.1) is 0 Å². The minimum absolute atomic E-state index is 0.113. The molecule has 0 bridgehead atoms. The maximum Gasteiger partial charge on any atom is 0.314 e. The third-order valence-corrected chi connectivity index (χ3v) is 4.07. The minimum atomic E-state index is -0.113. The van der Waals surface area contributed by atoms with Crippen LogP contribution in [0.2, 0.25) is 10.0 Å². The summed E-state index contributed by atoms with van der Waals surface area (Å²) < 4.78 is 0. The van der Waals surface area contributed by atoms with Crippen LogP contribution in [0, 0.1) is 0 Å². The van der Waals surface area contributed by atoms with Crippen molar-refractivity contribution in [3.05, 3.63) is 33.8 Å². The molecule has 6 heteroatoms. The number of nitrogens with one attached hydrogen (secondary N) is 2. The minimum Gasteiger partial charge on any atom is -0.338 e. The molecule has 0 unspecified atom stereocenters. The van der Waals surface area contributed by atoms with E-state index in [9.17, 15) is 4.79 Å². The normalized spacial score (nSPS) is 10.3. The van der Waals surface area contributed by atoms with Crippen molar-refractivity contribution < 1.29 is 4.79 Å². The largest absolute Gasteiger partial charge is 0.338 e. The summed E-state index contributed by atoms with van der Waals surface area (Å²) in [5.41, 5.74) is 0.950. The Morgan fingerprint density at radius 2 is 1.84 bits per heavy atom. The molecule has 0 saturated heterocycles. The van der Waals surface area contributed by atoms with E-state index in [1.165, 1.54) is 0 Å². The van der Waals surface area contributed by atoms with E-state index in [1.54, 1.807) is 11.8 Å². The number of carbonyl (C=O) groups is 1. The number of amides is 2. The predicted molar refractivity (Wildman–Crippen MR) is 84.3 cm³/mol. The zero-order chi connectivity index (χ0) is 14.1. The van der Waals surface area contributed by atoms with Crippen LogP contribution in [0.15, 0.2) is 18.2 Å². The zero-order valence-corrected chi connectivity index (χ0v) is 13.2. The van der Waals surface area contributed by atoms with Gasteiger partial charge in [-0.2, -0.15) is 11.8 Å². The van der Waals surface area contributed by atoms with Gasteiger partial charge >= 0.3 is 6.03 Å². The standard InChI is InChI=1S/C13H18Cl2N2OS/c1-2-6-16-13(18)17-7-8-19-9-10-11(14)4-3-5-12(10)15/h3-5H,2,6-9H2,1H3,(H2,16,17,18). The van der Waals surface area contributed by atoms with E-state index in [1.807, 2.05) is 25.1 Å². The fourth-order valence-corrected chi connectivity index (χ4v) is 2.98. The van der Waals surface area contributed by atoms with Gasteiger partial charge in [-0.3, -0.25) is 0 Å². The fourth-order valence-electron chi connectivity index (χ4n) is 1.38. The lowest BCUT2D eigenvalue weighted by atomic mass is 10.2. The van der Waals surface area contributed by atoms with Crippen LogP contribution in [-0.4, -0.2) is 24.9 Å². The van der Waals surface area contributed by atoms with Gasteiger partial charge in [-0.05, 0) is 24.1 Å². The number of urea groups is 1. The van der Waals surface area contributed by atoms with Crippen LogP contribution in [0.1, 0.15) is 18.9 Å². The van der Waals surface area contributed by atoms with Gasteiger partial charge in [-0.15, -0.1) is 0 Å². The van der Waals surface area contributed by atoms with Crippen molar-refractivity contribution in [3.8, 4) is 0 Å². The molecule has 1 rings (SSSR count). The number of benzene rings is 1. The highest BCUT2D eigenvalue weighted by Crippen LogP contribution is 2.27. The van der Waals surface area contributed by atoms with Crippen molar-refractivity contribution in [2.45, 2.75) is 19.1 Å². The lowest BCUT2D eigenvalue weighted by Gasteiger charge is -2.08. The molecule has 0 atom stereocenters. The monoisotopic (exact) mass is 320 g/mol. The number of thioether (sulfide) groups is 1. The van der Waals surface area contributed by atoms with Gasteiger partial charge in [0.15, 0.2) is 0 Å². The van der Waals surface area contributed by atoms with E-state index in [-0.39, 0.29) is 6.03 Å². The van der Waals surface area contributed by atoms with Crippen molar-refractivity contribution in [1.29, 1.82) is 0 Å². The Balaban J connectivity index is 2.19. The molecule has 0 saturated carbocycles. The Labute approximate surface area is 128 Å². The Morgan fingerprint density at radius 1 is 1.21 bits per heavy atom. The molecule has 1 aromatic rings. The molecule has 0 heterocycles. The molecule has 0 aliphatic rings. The Bertz CT molecular complexity index is 395. The van der Waals surface area contributed by atoms with E-state index in [4.69, 9.17) is 23.2 Å². The first kappa shape index (κ1) is 16.5. The molecule has 0 aliphatic heterocycles. The van der Waals surface area contributed by atoms with Crippen molar-refractivity contribution in [3.63, 3.8) is 0 Å². The summed E-state index contributed by atoms with van der Waals surface area (Å²) in [6.45, 7) is 3.35. The molecule has 0 spiro atoms. The first-order chi connectivity index (χ1) is 9.15. The number of rotatable bonds is 7. The van der Waals surface area contributed by atoms with Crippen LogP contribution < -0.4 is 10.6 Å². The predicted octanol–water partition coefficient (Wildman–Crippen LogP) is 3.94. The van der Waals surface area contributed by atoms with Crippen LogP contribution >= 0.6 is 35.0 Å². The average molecular weight is 321 g/mol. The third-order valence-electron chi connectivity index (χ3n) is 2.38. The molecule has 0 fully saturated rings. The second kappa shape index (κ2) is 9.34. The van der Waals surface area contributed by atoms with E-state index < -0.39 is 0 Å². The second-order valence-corrected chi connectivity index (χ2v) is 5.86. The van der Waals surface area contributed by atoms with Gasteiger partial charge in [-0.25, -0.2) is 4.79 Å². The Hall–Kier alpha value is -0.580. The van der Waals surface area contributed by atoms with Gasteiger partial charge in [0.25, 0.3) is 0 Å². The summed E-state index contributed by atoms with van der Waals surface area (Å²) in [7, 11) is 0. The van der Waals surface area contributed by atoms with Crippen molar-refractivity contribution in [1.82, 2.24) is 10.6 Å². The van der Waals surface area contributed by atoms with E-state index >= 15 is 0 Å². The third kappa shape index (κ3) is 6.41. The number of halogens is 2. The van der Waals surface area contributed by atoms with E-state index in [0.29, 0.717) is 23.1 Å². The van der Waals surface area contributed by atoms with Crippen LogP contribution in [0.5, 0.6) is 0 Å². The number of hydrogen-bond donors (Lipinski definition) is 2. The fraction of sp³-hybridized carbons (Fsp3) is 0.462. The number of hydrogen-bond acceptors (Lipinski definition) is 2. The van der Waals surface area contributed by atoms with Crippen LogP contribution in [-0.2, 0) is 5.75 Å². The van der Waals surface area contributed by atoms with Gasteiger partial charge in [-0.1, -0.05) is 36.2 Å². The Morgan fingerprint density at radius 3 is 2.47 bits per heavy atom.